The Morgan fingerprint density at radius 2 is 2.70 bits per heavy atom. The van der Waals surface area contributed by atoms with Gasteiger partial charge in [0.1, 0.15) is 0 Å². The second kappa shape index (κ2) is 2.96. The number of carbonyl (C=O) groups excluding carboxylic acids is 1. The van der Waals surface area contributed by atoms with Crippen molar-refractivity contribution in [3.63, 3.8) is 0 Å². The number of rotatable bonds is 3. The third kappa shape index (κ3) is 1.31. The standard InChI is InChI=1S/C7H8N2O/c1-2-3-6(10)7-8-4-5-9-7/h2,4-5H,1,3H2,(H,8,9). The van der Waals surface area contributed by atoms with Crippen LogP contribution in [0.25, 0.3) is 0 Å². The number of hydrogen-bond donors (Lipinski definition) is 1. The fourth-order valence-electron chi connectivity index (χ4n) is 0.646. The zero-order valence-electron chi connectivity index (χ0n) is 5.50. The van der Waals surface area contributed by atoms with E-state index < -0.39 is 0 Å². The van der Waals surface area contributed by atoms with Crippen LogP contribution in [0.15, 0.2) is 25.0 Å². The van der Waals surface area contributed by atoms with Crippen LogP contribution in [0, 0.1) is 0 Å². The summed E-state index contributed by atoms with van der Waals surface area (Å²) in [4.78, 5) is 17.4. The third-order valence-corrected chi connectivity index (χ3v) is 1.09. The van der Waals surface area contributed by atoms with Crippen molar-refractivity contribution in [1.82, 2.24) is 9.97 Å². The number of imidazole rings is 1. The lowest BCUT2D eigenvalue weighted by Crippen LogP contribution is -1.98. The van der Waals surface area contributed by atoms with Gasteiger partial charge in [0.25, 0.3) is 0 Å². The fraction of sp³-hybridized carbons (Fsp3) is 0.143. The highest BCUT2D eigenvalue weighted by atomic mass is 16.1. The molecule has 0 aliphatic carbocycles. The number of H-pyrrole nitrogens is 1. The number of nitrogens with one attached hydrogen (secondary N) is 1. The largest absolute Gasteiger partial charge is 0.342 e. The Morgan fingerprint density at radius 3 is 3.20 bits per heavy atom. The van der Waals surface area contributed by atoms with Gasteiger partial charge in [-0.25, -0.2) is 4.98 Å². The Kier molecular flexibility index (Phi) is 1.99. The van der Waals surface area contributed by atoms with E-state index in [-0.39, 0.29) is 5.78 Å². The highest BCUT2D eigenvalue weighted by molar-refractivity contribution is 5.93. The molecule has 0 saturated carbocycles. The first-order chi connectivity index (χ1) is 4.84. The maximum absolute atomic E-state index is 10.9. The van der Waals surface area contributed by atoms with Crippen molar-refractivity contribution >= 4 is 5.78 Å². The maximum Gasteiger partial charge on any atom is 0.201 e. The van der Waals surface area contributed by atoms with Crippen LogP contribution in [0.3, 0.4) is 0 Å². The van der Waals surface area contributed by atoms with E-state index in [1.165, 1.54) is 0 Å². The summed E-state index contributed by atoms with van der Waals surface area (Å²) < 4.78 is 0. The predicted octanol–water partition coefficient (Wildman–Crippen LogP) is 1.17. The molecule has 0 aromatic carbocycles. The Bertz CT molecular complexity index is 226. The van der Waals surface area contributed by atoms with Crippen LogP contribution in [0.1, 0.15) is 17.0 Å². The minimum atomic E-state index is -0.0278. The molecule has 0 bridgehead atoms. The molecule has 1 aromatic heterocycles. The van der Waals surface area contributed by atoms with Gasteiger partial charge in [0.2, 0.25) is 5.78 Å². The molecule has 0 radical (unpaired) electrons. The van der Waals surface area contributed by atoms with Crippen LogP contribution in [0.4, 0.5) is 0 Å². The van der Waals surface area contributed by atoms with E-state index in [0.29, 0.717) is 12.2 Å². The highest BCUT2D eigenvalue weighted by Gasteiger charge is 2.03. The van der Waals surface area contributed by atoms with E-state index in [1.807, 2.05) is 0 Å². The minimum Gasteiger partial charge on any atom is -0.342 e. The van der Waals surface area contributed by atoms with E-state index in [4.69, 9.17) is 0 Å². The summed E-state index contributed by atoms with van der Waals surface area (Å²) >= 11 is 0. The molecule has 0 saturated heterocycles. The quantitative estimate of drug-likeness (QED) is 0.500. The zero-order valence-corrected chi connectivity index (χ0v) is 5.50. The monoisotopic (exact) mass is 136 g/mol. The topological polar surface area (TPSA) is 45.8 Å². The van der Waals surface area contributed by atoms with Crippen molar-refractivity contribution in [3.8, 4) is 0 Å². The molecule has 0 unspecified atom stereocenters. The van der Waals surface area contributed by atoms with Gasteiger partial charge < -0.3 is 4.98 Å². The van der Waals surface area contributed by atoms with Crippen LogP contribution in [0.2, 0.25) is 0 Å². The van der Waals surface area contributed by atoms with Gasteiger partial charge >= 0.3 is 0 Å². The molecule has 52 valence electrons. The van der Waals surface area contributed by atoms with E-state index in [9.17, 15) is 4.79 Å². The predicted molar refractivity (Wildman–Crippen MR) is 37.7 cm³/mol. The molecule has 1 heterocycles. The number of aromatic amines is 1. The first-order valence-electron chi connectivity index (χ1n) is 2.98. The lowest BCUT2D eigenvalue weighted by molar-refractivity contribution is 0.0987. The zero-order chi connectivity index (χ0) is 7.40. The van der Waals surface area contributed by atoms with Crippen molar-refractivity contribution in [1.29, 1.82) is 0 Å². The normalized spacial score (nSPS) is 9.20. The molecule has 1 rings (SSSR count). The fourth-order valence-corrected chi connectivity index (χ4v) is 0.646. The van der Waals surface area contributed by atoms with Crippen LogP contribution >= 0.6 is 0 Å². The van der Waals surface area contributed by atoms with Crippen molar-refractivity contribution in [3.05, 3.63) is 30.9 Å². The van der Waals surface area contributed by atoms with E-state index in [0.717, 1.165) is 0 Å². The molecule has 10 heavy (non-hydrogen) atoms. The summed E-state index contributed by atoms with van der Waals surface area (Å²) in [6.45, 7) is 3.45. The summed E-state index contributed by atoms with van der Waals surface area (Å²) in [7, 11) is 0. The van der Waals surface area contributed by atoms with Crippen LogP contribution in [-0.4, -0.2) is 15.8 Å². The molecular formula is C7H8N2O. The molecule has 0 spiro atoms. The number of nitrogens with zero attached hydrogens (tertiary/aromatic N) is 1. The van der Waals surface area contributed by atoms with Gasteiger partial charge in [0, 0.05) is 18.8 Å². The van der Waals surface area contributed by atoms with Crippen molar-refractivity contribution in [2.45, 2.75) is 6.42 Å². The van der Waals surface area contributed by atoms with E-state index >= 15 is 0 Å². The highest BCUT2D eigenvalue weighted by Crippen LogP contribution is 1.94. The van der Waals surface area contributed by atoms with Crippen LogP contribution < -0.4 is 0 Å². The second-order valence-corrected chi connectivity index (χ2v) is 1.85. The number of hydrogen-bond acceptors (Lipinski definition) is 2. The molecular weight excluding hydrogens is 128 g/mol. The molecule has 0 amide bonds. The second-order valence-electron chi connectivity index (χ2n) is 1.85. The van der Waals surface area contributed by atoms with Crippen molar-refractivity contribution in [2.75, 3.05) is 0 Å². The first kappa shape index (κ1) is 6.74. The molecule has 3 heteroatoms. The number of carbonyl (C=O) groups is 1. The number of aromatic nitrogens is 2. The van der Waals surface area contributed by atoms with Crippen LogP contribution in [0.5, 0.6) is 0 Å². The summed E-state index contributed by atoms with van der Waals surface area (Å²) in [6.07, 6.45) is 5.07. The molecule has 0 aliphatic heterocycles. The Hall–Kier alpha value is -1.38. The third-order valence-electron chi connectivity index (χ3n) is 1.09. The van der Waals surface area contributed by atoms with Crippen molar-refractivity contribution in [2.24, 2.45) is 0 Å². The Labute approximate surface area is 58.8 Å². The number of ketones is 1. The van der Waals surface area contributed by atoms with Gasteiger partial charge in [0.05, 0.1) is 0 Å². The molecule has 0 atom stereocenters. The average Bonchev–Trinajstić information content (AvgIpc) is 2.38. The van der Waals surface area contributed by atoms with Crippen LogP contribution in [-0.2, 0) is 0 Å². The number of allylic oxidation sites excluding steroid dienone is 1. The molecule has 1 N–H and O–H groups in total. The Morgan fingerprint density at radius 1 is 1.90 bits per heavy atom. The van der Waals surface area contributed by atoms with Gasteiger partial charge in [-0.2, -0.15) is 0 Å². The molecule has 0 aliphatic rings. The van der Waals surface area contributed by atoms with E-state index in [2.05, 4.69) is 16.5 Å². The average molecular weight is 136 g/mol. The maximum atomic E-state index is 10.9. The Balaban J connectivity index is 2.68. The summed E-state index contributed by atoms with van der Waals surface area (Å²) in [5.41, 5.74) is 0. The summed E-state index contributed by atoms with van der Waals surface area (Å²) in [5.74, 6) is 0.375. The SMILES string of the molecule is C=CCC(=O)c1ncc[nH]1. The molecule has 1 aromatic rings. The van der Waals surface area contributed by atoms with Gasteiger partial charge in [-0.15, -0.1) is 6.58 Å². The van der Waals surface area contributed by atoms with Crippen molar-refractivity contribution < 1.29 is 4.79 Å². The smallest absolute Gasteiger partial charge is 0.201 e. The van der Waals surface area contributed by atoms with Gasteiger partial charge in [0.15, 0.2) is 5.82 Å². The first-order valence-corrected chi connectivity index (χ1v) is 2.98. The number of Topliss-reactive ketones (excluding diaryl/α,β-unsaturated/α-hetero) is 1. The van der Waals surface area contributed by atoms with Gasteiger partial charge in [-0.1, -0.05) is 6.08 Å². The lowest BCUT2D eigenvalue weighted by Gasteiger charge is -1.87. The van der Waals surface area contributed by atoms with Gasteiger partial charge in [-0.05, 0) is 0 Å². The van der Waals surface area contributed by atoms with E-state index in [1.54, 1.807) is 18.5 Å². The molecule has 3 nitrogen and oxygen atoms in total. The van der Waals surface area contributed by atoms with Gasteiger partial charge in [-0.3, -0.25) is 4.79 Å². The summed E-state index contributed by atoms with van der Waals surface area (Å²) in [5, 5.41) is 0. The lowest BCUT2D eigenvalue weighted by atomic mass is 10.3. The molecule has 0 fully saturated rings. The minimum absolute atomic E-state index is 0.0278. The summed E-state index contributed by atoms with van der Waals surface area (Å²) in [6, 6.07) is 0.